The van der Waals surface area contributed by atoms with E-state index in [0.29, 0.717) is 22.3 Å². The van der Waals surface area contributed by atoms with Gasteiger partial charge in [-0.3, -0.25) is 0 Å². The fraction of sp³-hybridized carbons (Fsp3) is 0.462. The zero-order valence-electron chi connectivity index (χ0n) is 9.83. The van der Waals surface area contributed by atoms with Crippen LogP contribution < -0.4 is 4.74 Å². The second-order valence-corrected chi connectivity index (χ2v) is 4.69. The van der Waals surface area contributed by atoms with Crippen LogP contribution in [0.2, 0.25) is 5.02 Å². The fourth-order valence-electron chi connectivity index (χ4n) is 1.64. The zero-order valence-corrected chi connectivity index (χ0v) is 10.6. The van der Waals surface area contributed by atoms with Crippen LogP contribution in [0.4, 0.5) is 0 Å². The Kier molecular flexibility index (Phi) is 4.64. The van der Waals surface area contributed by atoms with Gasteiger partial charge in [-0.1, -0.05) is 31.5 Å². The summed E-state index contributed by atoms with van der Waals surface area (Å²) in [6.07, 6.45) is 1.04. The van der Waals surface area contributed by atoms with E-state index in [-0.39, 0.29) is 6.10 Å². The molecule has 0 aliphatic carbocycles. The summed E-state index contributed by atoms with van der Waals surface area (Å²) in [6, 6.07) is 7.33. The standard InChI is InChI=1S/C13H16ClNO/c1-9(2)7-10(3)16-13-6-4-5-12(14)11(13)8-15/h4-6,9-10H,7H2,1-3H3. The van der Waals surface area contributed by atoms with E-state index in [2.05, 4.69) is 19.9 Å². The van der Waals surface area contributed by atoms with E-state index in [0.717, 1.165) is 6.42 Å². The lowest BCUT2D eigenvalue weighted by molar-refractivity contribution is 0.193. The molecular weight excluding hydrogens is 222 g/mol. The Labute approximate surface area is 102 Å². The fourth-order valence-corrected chi connectivity index (χ4v) is 1.85. The number of nitrogens with zero attached hydrogens (tertiary/aromatic N) is 1. The molecule has 0 saturated carbocycles. The van der Waals surface area contributed by atoms with Gasteiger partial charge in [0.15, 0.2) is 0 Å². The van der Waals surface area contributed by atoms with E-state index >= 15 is 0 Å². The van der Waals surface area contributed by atoms with E-state index in [1.54, 1.807) is 18.2 Å². The Hall–Kier alpha value is -1.20. The van der Waals surface area contributed by atoms with Crippen molar-refractivity contribution in [2.45, 2.75) is 33.3 Å². The third-order valence-electron chi connectivity index (χ3n) is 2.22. The molecule has 1 aromatic carbocycles. The van der Waals surface area contributed by atoms with E-state index in [1.165, 1.54) is 0 Å². The molecule has 3 heteroatoms. The van der Waals surface area contributed by atoms with Crippen molar-refractivity contribution in [1.82, 2.24) is 0 Å². The summed E-state index contributed by atoms with van der Waals surface area (Å²) in [5, 5.41) is 9.42. The van der Waals surface area contributed by atoms with Crippen molar-refractivity contribution in [3.05, 3.63) is 28.8 Å². The third kappa shape index (κ3) is 3.43. The molecule has 0 fully saturated rings. The van der Waals surface area contributed by atoms with Gasteiger partial charge < -0.3 is 4.74 Å². The highest BCUT2D eigenvalue weighted by molar-refractivity contribution is 6.31. The van der Waals surface area contributed by atoms with Gasteiger partial charge in [-0.05, 0) is 31.4 Å². The van der Waals surface area contributed by atoms with Crippen molar-refractivity contribution in [2.24, 2.45) is 5.92 Å². The van der Waals surface area contributed by atoms with Crippen molar-refractivity contribution < 1.29 is 4.74 Å². The first-order chi connectivity index (χ1) is 7.54. The van der Waals surface area contributed by atoms with Crippen LogP contribution in [0.1, 0.15) is 32.8 Å². The van der Waals surface area contributed by atoms with Crippen LogP contribution in [0.25, 0.3) is 0 Å². The minimum atomic E-state index is 0.0885. The van der Waals surface area contributed by atoms with Crippen LogP contribution in [0, 0.1) is 17.2 Å². The number of ether oxygens (including phenoxy) is 1. The molecule has 0 aliphatic rings. The Morgan fingerprint density at radius 2 is 2.06 bits per heavy atom. The molecule has 0 bridgehead atoms. The van der Waals surface area contributed by atoms with Gasteiger partial charge in [-0.2, -0.15) is 5.26 Å². The van der Waals surface area contributed by atoms with Crippen molar-refractivity contribution in [3.63, 3.8) is 0 Å². The molecule has 0 heterocycles. The molecule has 16 heavy (non-hydrogen) atoms. The first kappa shape index (κ1) is 12.9. The predicted octanol–water partition coefficient (Wildman–Crippen LogP) is 4.03. The predicted molar refractivity (Wildman–Crippen MR) is 65.7 cm³/mol. The third-order valence-corrected chi connectivity index (χ3v) is 2.53. The first-order valence-corrected chi connectivity index (χ1v) is 5.77. The maximum Gasteiger partial charge on any atom is 0.138 e. The van der Waals surface area contributed by atoms with Crippen molar-refractivity contribution in [2.75, 3.05) is 0 Å². The number of rotatable bonds is 4. The number of hydrogen-bond donors (Lipinski definition) is 0. The van der Waals surface area contributed by atoms with Gasteiger partial charge in [0, 0.05) is 0 Å². The molecule has 0 radical (unpaired) electrons. The molecule has 1 aromatic rings. The van der Waals surface area contributed by atoms with Gasteiger partial charge in [-0.15, -0.1) is 0 Å². The average Bonchev–Trinajstić information content (AvgIpc) is 2.16. The molecule has 0 aromatic heterocycles. The van der Waals surface area contributed by atoms with Gasteiger partial charge in [0.1, 0.15) is 17.4 Å². The molecule has 0 aliphatic heterocycles. The van der Waals surface area contributed by atoms with Crippen molar-refractivity contribution in [3.8, 4) is 11.8 Å². The van der Waals surface area contributed by atoms with Crippen LogP contribution in [-0.2, 0) is 0 Å². The molecule has 0 amide bonds. The van der Waals surface area contributed by atoms with Gasteiger partial charge in [0.2, 0.25) is 0 Å². The number of nitriles is 1. The van der Waals surface area contributed by atoms with Gasteiger partial charge >= 0.3 is 0 Å². The highest BCUT2D eigenvalue weighted by Gasteiger charge is 2.12. The Morgan fingerprint density at radius 1 is 1.38 bits per heavy atom. The highest BCUT2D eigenvalue weighted by atomic mass is 35.5. The normalized spacial score (nSPS) is 12.2. The largest absolute Gasteiger partial charge is 0.489 e. The average molecular weight is 238 g/mol. The number of halogens is 1. The summed E-state index contributed by atoms with van der Waals surface area (Å²) in [7, 11) is 0. The van der Waals surface area contributed by atoms with Crippen LogP contribution in [0.5, 0.6) is 5.75 Å². The van der Waals surface area contributed by atoms with Crippen LogP contribution >= 0.6 is 11.6 Å². The monoisotopic (exact) mass is 237 g/mol. The summed E-state index contributed by atoms with van der Waals surface area (Å²) >= 11 is 5.92. The minimum absolute atomic E-state index is 0.0885. The van der Waals surface area contributed by atoms with E-state index in [1.807, 2.05) is 6.92 Å². The molecular formula is C13H16ClNO. The topological polar surface area (TPSA) is 33.0 Å². The number of benzene rings is 1. The lowest BCUT2D eigenvalue weighted by atomic mass is 10.1. The summed E-state index contributed by atoms with van der Waals surface area (Å²) in [6.45, 7) is 6.29. The van der Waals surface area contributed by atoms with Crippen molar-refractivity contribution in [1.29, 1.82) is 5.26 Å². The van der Waals surface area contributed by atoms with E-state index in [4.69, 9.17) is 21.6 Å². The summed E-state index contributed by atoms with van der Waals surface area (Å²) < 4.78 is 5.72. The zero-order chi connectivity index (χ0) is 12.1. The van der Waals surface area contributed by atoms with Gasteiger partial charge in [0.25, 0.3) is 0 Å². The molecule has 1 atom stereocenters. The quantitative estimate of drug-likeness (QED) is 0.792. The Balaban J connectivity index is 2.82. The van der Waals surface area contributed by atoms with Crippen LogP contribution in [0.15, 0.2) is 18.2 Å². The molecule has 2 nitrogen and oxygen atoms in total. The lowest BCUT2D eigenvalue weighted by Crippen LogP contribution is -2.15. The summed E-state index contributed by atoms with van der Waals surface area (Å²) in [5.74, 6) is 1.14. The maximum atomic E-state index is 8.98. The Bertz CT molecular complexity index is 395. The molecule has 0 N–H and O–H groups in total. The van der Waals surface area contributed by atoms with E-state index < -0.39 is 0 Å². The smallest absolute Gasteiger partial charge is 0.138 e. The highest BCUT2D eigenvalue weighted by Crippen LogP contribution is 2.26. The van der Waals surface area contributed by atoms with Gasteiger partial charge in [0.05, 0.1) is 11.1 Å². The molecule has 86 valence electrons. The summed E-state index contributed by atoms with van der Waals surface area (Å²) in [4.78, 5) is 0. The van der Waals surface area contributed by atoms with Crippen LogP contribution in [-0.4, -0.2) is 6.10 Å². The second kappa shape index (κ2) is 5.77. The molecule has 0 spiro atoms. The van der Waals surface area contributed by atoms with Crippen molar-refractivity contribution >= 4 is 11.6 Å². The second-order valence-electron chi connectivity index (χ2n) is 4.28. The molecule has 1 rings (SSSR count). The van der Waals surface area contributed by atoms with Crippen LogP contribution in [0.3, 0.4) is 0 Å². The molecule has 1 unspecified atom stereocenters. The Morgan fingerprint density at radius 3 is 2.62 bits per heavy atom. The van der Waals surface area contributed by atoms with Gasteiger partial charge in [-0.25, -0.2) is 0 Å². The lowest BCUT2D eigenvalue weighted by Gasteiger charge is -2.17. The number of hydrogen-bond acceptors (Lipinski definition) is 2. The SMILES string of the molecule is CC(C)CC(C)Oc1cccc(Cl)c1C#N. The first-order valence-electron chi connectivity index (χ1n) is 5.39. The molecule has 0 saturated heterocycles. The van der Waals surface area contributed by atoms with E-state index in [9.17, 15) is 0 Å². The summed E-state index contributed by atoms with van der Waals surface area (Å²) in [5.41, 5.74) is 0.416. The minimum Gasteiger partial charge on any atom is -0.489 e. The maximum absolute atomic E-state index is 8.98.